The summed E-state index contributed by atoms with van der Waals surface area (Å²) in [5, 5.41) is 48.6. The van der Waals surface area contributed by atoms with Gasteiger partial charge in [-0.3, -0.25) is 14.4 Å². The fraction of sp³-hybridized carbons (Fsp3) is 0. The fourth-order valence-electron chi connectivity index (χ4n) is 7.13. The van der Waals surface area contributed by atoms with Crippen molar-refractivity contribution in [2.75, 3.05) is 10.6 Å². The zero-order chi connectivity index (χ0) is 41.5. The van der Waals surface area contributed by atoms with Crippen LogP contribution >= 0.6 is 27.5 Å². The Hall–Kier alpha value is -7.54. The number of phenols is 2. The van der Waals surface area contributed by atoms with Crippen LogP contribution in [-0.2, 0) is 0 Å². The lowest BCUT2D eigenvalue weighted by Crippen LogP contribution is -2.12. The number of hydrogen-bond donors (Lipinski definition) is 4. The maximum absolute atomic E-state index is 13.9. The monoisotopic (exact) mass is 870 g/mol. The van der Waals surface area contributed by atoms with E-state index < -0.39 is 11.8 Å². The SMILES string of the molecule is O=C(Nc1ccccc1)c1cc2ccccc2c(N=Nc2ccc3c(c2)C(=O)c2cc(N=Nc4c(O)c(C(=O)Nc5cccc(Br)c5)cc5ccccc45)cc(Cl)c2-3)c1O. The van der Waals surface area contributed by atoms with Crippen LogP contribution in [0.3, 0.4) is 0 Å². The summed E-state index contributed by atoms with van der Waals surface area (Å²) in [5.41, 5.74) is 3.55. The summed E-state index contributed by atoms with van der Waals surface area (Å²) >= 11 is 10.2. The Morgan fingerprint density at radius 1 is 0.533 bits per heavy atom. The minimum Gasteiger partial charge on any atom is -0.505 e. The lowest BCUT2D eigenvalue weighted by Gasteiger charge is -2.11. The molecule has 290 valence electrons. The molecule has 4 N–H and O–H groups in total. The van der Waals surface area contributed by atoms with Crippen LogP contribution in [0.4, 0.5) is 34.1 Å². The van der Waals surface area contributed by atoms with Crippen molar-refractivity contribution < 1.29 is 24.6 Å². The van der Waals surface area contributed by atoms with E-state index in [4.69, 9.17) is 11.6 Å². The number of para-hydroxylation sites is 1. The van der Waals surface area contributed by atoms with Gasteiger partial charge in [0.05, 0.1) is 27.5 Å². The molecule has 60 heavy (non-hydrogen) atoms. The van der Waals surface area contributed by atoms with E-state index in [2.05, 4.69) is 47.0 Å². The number of carbonyl (C=O) groups is 3. The lowest BCUT2D eigenvalue weighted by atomic mass is 10.0. The van der Waals surface area contributed by atoms with Crippen LogP contribution in [0.15, 0.2) is 171 Å². The highest BCUT2D eigenvalue weighted by atomic mass is 79.9. The average Bonchev–Trinajstić information content (AvgIpc) is 3.53. The first-order valence-corrected chi connectivity index (χ1v) is 19.6. The minimum absolute atomic E-state index is 0.00199. The van der Waals surface area contributed by atoms with E-state index in [-0.39, 0.29) is 56.1 Å². The molecule has 0 heterocycles. The van der Waals surface area contributed by atoms with Crippen molar-refractivity contribution in [1.82, 2.24) is 0 Å². The maximum atomic E-state index is 13.9. The Balaban J connectivity index is 1.01. The Bertz CT molecular complexity index is 3170. The van der Waals surface area contributed by atoms with E-state index in [1.807, 2.05) is 30.3 Å². The number of ketones is 1. The number of halogens is 2. The van der Waals surface area contributed by atoms with E-state index in [0.29, 0.717) is 55.3 Å². The van der Waals surface area contributed by atoms with Crippen molar-refractivity contribution in [3.05, 3.63) is 177 Å². The van der Waals surface area contributed by atoms with Crippen LogP contribution in [0, 0.1) is 0 Å². The maximum Gasteiger partial charge on any atom is 0.259 e. The first kappa shape index (κ1) is 38.0. The van der Waals surface area contributed by atoms with Crippen molar-refractivity contribution in [2.24, 2.45) is 20.5 Å². The summed E-state index contributed by atoms with van der Waals surface area (Å²) in [5.74, 6) is -2.10. The number of nitrogens with one attached hydrogen (secondary N) is 2. The van der Waals surface area contributed by atoms with Crippen molar-refractivity contribution in [3.63, 3.8) is 0 Å². The molecule has 9 rings (SSSR count). The van der Waals surface area contributed by atoms with Crippen LogP contribution in [-0.4, -0.2) is 27.8 Å². The van der Waals surface area contributed by atoms with Crippen molar-refractivity contribution in [3.8, 4) is 22.6 Å². The topological polar surface area (TPSA) is 165 Å². The average molecular weight is 872 g/mol. The number of carbonyl (C=O) groups excluding carboxylic acids is 3. The van der Waals surface area contributed by atoms with E-state index >= 15 is 0 Å². The zero-order valence-corrected chi connectivity index (χ0v) is 33.4. The zero-order valence-electron chi connectivity index (χ0n) is 31.0. The molecule has 2 amide bonds. The summed E-state index contributed by atoms with van der Waals surface area (Å²) in [6, 6.07) is 41.6. The Morgan fingerprint density at radius 3 is 1.72 bits per heavy atom. The number of phenolic OH excluding ortho intramolecular Hbond substituents is 2. The molecule has 0 aromatic heterocycles. The highest BCUT2D eigenvalue weighted by molar-refractivity contribution is 9.10. The summed E-state index contributed by atoms with van der Waals surface area (Å²) in [4.78, 5) is 40.6. The second kappa shape index (κ2) is 15.7. The summed E-state index contributed by atoms with van der Waals surface area (Å²) in [7, 11) is 0. The van der Waals surface area contributed by atoms with Gasteiger partial charge in [0.2, 0.25) is 0 Å². The van der Waals surface area contributed by atoms with Gasteiger partial charge >= 0.3 is 0 Å². The smallest absolute Gasteiger partial charge is 0.259 e. The van der Waals surface area contributed by atoms with Crippen LogP contribution in [0.1, 0.15) is 36.6 Å². The Kier molecular flexibility index (Phi) is 9.92. The summed E-state index contributed by atoms with van der Waals surface area (Å²) < 4.78 is 0.776. The fourth-order valence-corrected chi connectivity index (χ4v) is 7.85. The van der Waals surface area contributed by atoms with Crippen molar-refractivity contribution in [2.45, 2.75) is 0 Å². The van der Waals surface area contributed by atoms with Crippen molar-refractivity contribution >= 4 is 101 Å². The van der Waals surface area contributed by atoms with E-state index in [1.54, 1.807) is 115 Å². The molecule has 0 spiro atoms. The third kappa shape index (κ3) is 7.14. The molecule has 0 bridgehead atoms. The van der Waals surface area contributed by atoms with E-state index in [9.17, 15) is 24.6 Å². The molecule has 8 aromatic rings. The highest BCUT2D eigenvalue weighted by Crippen LogP contribution is 2.46. The predicted octanol–water partition coefficient (Wildman–Crippen LogP) is 13.4. The standard InChI is InChI=1S/C47H28BrClN6O5/c48-27-11-8-14-29(21-27)51-47(60)38-20-26-10-5-7-16-33(26)42(45(38)58)55-53-31-23-36-40(39(49)24-31)34-18-17-30(22-35(34)43(36)56)52-54-41-32-15-6-4-9-25(32)19-37(44(41)57)46(59)50-28-12-2-1-3-13-28/h1-24,57-58H,(H,50,59)(H,51,60). The summed E-state index contributed by atoms with van der Waals surface area (Å²) in [6.07, 6.45) is 0. The molecule has 0 aliphatic heterocycles. The van der Waals surface area contributed by atoms with Gasteiger partial charge in [0.1, 0.15) is 11.4 Å². The number of benzene rings is 8. The number of anilines is 2. The molecule has 0 saturated carbocycles. The van der Waals surface area contributed by atoms with E-state index in [1.165, 1.54) is 0 Å². The molecule has 0 saturated heterocycles. The minimum atomic E-state index is -0.541. The van der Waals surface area contributed by atoms with Gasteiger partial charge in [-0.1, -0.05) is 106 Å². The first-order valence-electron chi connectivity index (χ1n) is 18.4. The highest BCUT2D eigenvalue weighted by Gasteiger charge is 2.30. The molecule has 0 atom stereocenters. The molecular weight excluding hydrogens is 844 g/mol. The number of hydrogen-bond acceptors (Lipinski definition) is 9. The van der Waals surface area contributed by atoms with Crippen molar-refractivity contribution in [1.29, 1.82) is 0 Å². The lowest BCUT2D eigenvalue weighted by molar-refractivity contribution is 0.101. The van der Waals surface area contributed by atoms with Crippen LogP contribution in [0.25, 0.3) is 32.7 Å². The third-order valence-electron chi connectivity index (χ3n) is 9.96. The van der Waals surface area contributed by atoms with Gasteiger partial charge in [0.15, 0.2) is 17.3 Å². The predicted molar refractivity (Wildman–Crippen MR) is 236 cm³/mol. The van der Waals surface area contributed by atoms with Gasteiger partial charge in [0, 0.05) is 43.3 Å². The van der Waals surface area contributed by atoms with Crippen LogP contribution in [0.2, 0.25) is 5.02 Å². The van der Waals surface area contributed by atoms with E-state index in [0.717, 1.165) is 4.47 Å². The molecule has 0 unspecified atom stereocenters. The van der Waals surface area contributed by atoms with Crippen LogP contribution in [0.5, 0.6) is 11.5 Å². The molecule has 1 aliphatic carbocycles. The van der Waals surface area contributed by atoms with Gasteiger partial charge in [-0.25, -0.2) is 0 Å². The normalized spacial score (nSPS) is 12.0. The van der Waals surface area contributed by atoms with Crippen LogP contribution < -0.4 is 10.6 Å². The number of rotatable bonds is 8. The Morgan fingerprint density at radius 2 is 1.08 bits per heavy atom. The molecule has 0 radical (unpaired) electrons. The molecule has 8 aromatic carbocycles. The van der Waals surface area contributed by atoms with Gasteiger partial charge in [-0.15, -0.1) is 10.2 Å². The number of amides is 2. The number of azo groups is 2. The van der Waals surface area contributed by atoms with Gasteiger partial charge in [-0.05, 0) is 83.1 Å². The second-order valence-electron chi connectivity index (χ2n) is 13.8. The second-order valence-corrected chi connectivity index (χ2v) is 15.1. The number of fused-ring (bicyclic) bond motifs is 5. The summed E-state index contributed by atoms with van der Waals surface area (Å²) in [6.45, 7) is 0. The van der Waals surface area contributed by atoms with Gasteiger partial charge in [-0.2, -0.15) is 10.2 Å². The Labute approximate surface area is 354 Å². The van der Waals surface area contributed by atoms with Gasteiger partial charge < -0.3 is 20.8 Å². The molecule has 1 aliphatic rings. The first-order chi connectivity index (χ1) is 29.1. The number of aromatic hydroxyl groups is 2. The molecule has 11 nitrogen and oxygen atoms in total. The quantitative estimate of drug-likeness (QED) is 0.111. The third-order valence-corrected chi connectivity index (χ3v) is 10.8. The molecule has 13 heteroatoms. The largest absolute Gasteiger partial charge is 0.505 e. The molecular formula is C47H28BrClN6O5. The number of nitrogens with zero attached hydrogens (tertiary/aromatic N) is 4. The molecule has 0 fully saturated rings. The van der Waals surface area contributed by atoms with Gasteiger partial charge in [0.25, 0.3) is 11.8 Å².